The van der Waals surface area contributed by atoms with Crippen LogP contribution in [-0.2, 0) is 14.8 Å². The van der Waals surface area contributed by atoms with Crippen molar-refractivity contribution in [1.82, 2.24) is 24.6 Å². The lowest BCUT2D eigenvalue weighted by atomic mass is 9.96. The van der Waals surface area contributed by atoms with Crippen LogP contribution in [0.1, 0.15) is 29.0 Å². The number of nitrogens with one attached hydrogen (secondary N) is 1. The molecule has 132 valence electrons. The van der Waals surface area contributed by atoms with Gasteiger partial charge in [0, 0.05) is 32.0 Å². The van der Waals surface area contributed by atoms with E-state index < -0.39 is 10.0 Å². The number of ether oxygens (including phenoxy) is 1. The number of rotatable bonds is 5. The lowest BCUT2D eigenvalue weighted by Gasteiger charge is -2.15. The second-order valence-corrected chi connectivity index (χ2v) is 7.95. The maximum Gasteiger partial charge on any atom is 0.248 e. The molecule has 2 atom stereocenters. The largest absolute Gasteiger partial charge is 0.384 e. The highest BCUT2D eigenvalue weighted by molar-refractivity contribution is 7.89. The molecule has 0 radical (unpaired) electrons. The van der Waals surface area contributed by atoms with E-state index in [1.807, 2.05) is 6.92 Å². The Kier molecular flexibility index (Phi) is 4.45. The minimum atomic E-state index is -3.69. The Morgan fingerprint density at radius 3 is 2.62 bits per heavy atom. The molecule has 1 aliphatic rings. The molecule has 2 aromatic rings. The van der Waals surface area contributed by atoms with Crippen molar-refractivity contribution in [2.24, 2.45) is 5.92 Å². The molecule has 3 heterocycles. The monoisotopic (exact) mass is 355 g/mol. The predicted molar refractivity (Wildman–Crippen MR) is 84.0 cm³/mol. The minimum absolute atomic E-state index is 0.0135. The van der Waals surface area contributed by atoms with E-state index >= 15 is 0 Å². The fourth-order valence-electron chi connectivity index (χ4n) is 3.20. The summed E-state index contributed by atoms with van der Waals surface area (Å²) in [5.74, 6) is 1.48. The fourth-order valence-corrected chi connectivity index (χ4v) is 5.02. The van der Waals surface area contributed by atoms with Gasteiger partial charge in [-0.25, -0.2) is 13.4 Å². The smallest absolute Gasteiger partial charge is 0.248 e. The van der Waals surface area contributed by atoms with Crippen LogP contribution in [0.3, 0.4) is 0 Å². The molecule has 0 aliphatic carbocycles. The first kappa shape index (κ1) is 17.1. The van der Waals surface area contributed by atoms with Crippen molar-refractivity contribution in [2.75, 3.05) is 26.8 Å². The van der Waals surface area contributed by atoms with Crippen molar-refractivity contribution in [3.8, 4) is 0 Å². The Labute approximate surface area is 140 Å². The van der Waals surface area contributed by atoms with Gasteiger partial charge in [0.2, 0.25) is 10.0 Å². The molecular weight excluding hydrogens is 334 g/mol. The summed E-state index contributed by atoms with van der Waals surface area (Å²) in [5.41, 5.74) is 0.369. The Morgan fingerprint density at radius 1 is 1.33 bits per heavy atom. The van der Waals surface area contributed by atoms with Gasteiger partial charge >= 0.3 is 0 Å². The van der Waals surface area contributed by atoms with E-state index in [0.29, 0.717) is 42.8 Å². The number of sulfonamides is 1. The summed E-state index contributed by atoms with van der Waals surface area (Å²) in [7, 11) is -2.08. The van der Waals surface area contributed by atoms with Crippen molar-refractivity contribution in [3.05, 3.63) is 23.1 Å². The van der Waals surface area contributed by atoms with Gasteiger partial charge < -0.3 is 9.26 Å². The van der Waals surface area contributed by atoms with E-state index in [1.165, 1.54) is 4.31 Å². The molecule has 0 unspecified atom stereocenters. The quantitative estimate of drug-likeness (QED) is 0.842. The van der Waals surface area contributed by atoms with Gasteiger partial charge in [-0.15, -0.1) is 0 Å². The zero-order valence-electron chi connectivity index (χ0n) is 14.1. The van der Waals surface area contributed by atoms with E-state index in [2.05, 4.69) is 20.3 Å². The SMILES string of the molecule is COC[C@@H]1CN(S(=O)(=O)c2c(C)noc2C)C[C@H]1c1n[nH]c(C)n1. The maximum absolute atomic E-state index is 13.0. The molecule has 24 heavy (non-hydrogen) atoms. The fraction of sp³-hybridized carbons (Fsp3) is 0.643. The second-order valence-electron chi connectivity index (χ2n) is 6.08. The molecule has 0 saturated carbocycles. The Bertz CT molecular complexity index is 809. The number of aromatic amines is 1. The number of H-pyrrole nitrogens is 1. The molecule has 10 heteroatoms. The number of nitrogens with zero attached hydrogens (tertiary/aromatic N) is 4. The lowest BCUT2D eigenvalue weighted by Crippen LogP contribution is -2.30. The molecule has 1 aliphatic heterocycles. The third-order valence-electron chi connectivity index (χ3n) is 4.30. The standard InChI is InChI=1S/C14H21N5O4S/c1-8-13(9(2)23-18-8)24(20,21)19-5-11(7-22-4)12(6-19)14-15-10(3)16-17-14/h11-12H,5-7H2,1-4H3,(H,15,16,17)/t11-,12+/m0/s1. The topological polar surface area (TPSA) is 114 Å². The predicted octanol–water partition coefficient (Wildman–Crippen LogP) is 0.769. The van der Waals surface area contributed by atoms with Gasteiger partial charge in [0.1, 0.15) is 16.4 Å². The maximum atomic E-state index is 13.0. The molecule has 0 aromatic carbocycles. The summed E-state index contributed by atoms with van der Waals surface area (Å²) in [6.45, 7) is 6.13. The Balaban J connectivity index is 1.93. The summed E-state index contributed by atoms with van der Waals surface area (Å²) in [6.07, 6.45) is 0. The number of hydrogen-bond donors (Lipinski definition) is 1. The Morgan fingerprint density at radius 2 is 2.08 bits per heavy atom. The van der Waals surface area contributed by atoms with Gasteiger partial charge in [0.05, 0.1) is 6.61 Å². The van der Waals surface area contributed by atoms with Gasteiger partial charge in [0.25, 0.3) is 0 Å². The van der Waals surface area contributed by atoms with E-state index in [4.69, 9.17) is 9.26 Å². The first-order valence-corrected chi connectivity index (χ1v) is 9.09. The molecule has 1 saturated heterocycles. The van der Waals surface area contributed by atoms with E-state index in [9.17, 15) is 8.42 Å². The zero-order chi connectivity index (χ0) is 17.5. The van der Waals surface area contributed by atoms with Crippen LogP contribution >= 0.6 is 0 Å². The first-order chi connectivity index (χ1) is 11.3. The van der Waals surface area contributed by atoms with Crippen LogP contribution in [-0.4, -0.2) is 59.9 Å². The van der Waals surface area contributed by atoms with Gasteiger partial charge in [0.15, 0.2) is 11.6 Å². The molecule has 2 aromatic heterocycles. The van der Waals surface area contributed by atoms with Crippen molar-refractivity contribution in [1.29, 1.82) is 0 Å². The molecule has 3 rings (SSSR count). The van der Waals surface area contributed by atoms with Gasteiger partial charge in [-0.2, -0.15) is 9.40 Å². The zero-order valence-corrected chi connectivity index (χ0v) is 14.9. The van der Waals surface area contributed by atoms with Crippen LogP contribution in [0, 0.1) is 26.7 Å². The third kappa shape index (κ3) is 2.85. The highest BCUT2D eigenvalue weighted by atomic mass is 32.2. The molecule has 0 amide bonds. The average molecular weight is 355 g/mol. The first-order valence-electron chi connectivity index (χ1n) is 7.65. The van der Waals surface area contributed by atoms with Crippen molar-refractivity contribution in [3.63, 3.8) is 0 Å². The van der Waals surface area contributed by atoms with Crippen LogP contribution in [0.5, 0.6) is 0 Å². The third-order valence-corrected chi connectivity index (χ3v) is 6.38. The molecule has 0 spiro atoms. The van der Waals surface area contributed by atoms with E-state index in [1.54, 1.807) is 21.0 Å². The van der Waals surface area contributed by atoms with Crippen LogP contribution in [0.25, 0.3) is 0 Å². The molecule has 1 N–H and O–H groups in total. The summed E-state index contributed by atoms with van der Waals surface area (Å²) in [6, 6.07) is 0. The van der Waals surface area contributed by atoms with Crippen LogP contribution in [0.15, 0.2) is 9.42 Å². The summed E-state index contributed by atoms with van der Waals surface area (Å²) < 4.78 is 37.7. The molecular formula is C14H21N5O4S. The number of aryl methyl sites for hydroxylation is 3. The van der Waals surface area contributed by atoms with E-state index in [0.717, 1.165) is 0 Å². The summed E-state index contributed by atoms with van der Waals surface area (Å²) >= 11 is 0. The molecule has 9 nitrogen and oxygen atoms in total. The lowest BCUT2D eigenvalue weighted by molar-refractivity contribution is 0.150. The average Bonchev–Trinajstić information content (AvgIpc) is 3.19. The van der Waals surface area contributed by atoms with Gasteiger partial charge in [-0.3, -0.25) is 5.10 Å². The summed E-state index contributed by atoms with van der Waals surface area (Å²) in [4.78, 5) is 4.51. The number of methoxy groups -OCH3 is 1. The van der Waals surface area contributed by atoms with Gasteiger partial charge in [-0.1, -0.05) is 5.16 Å². The van der Waals surface area contributed by atoms with Crippen LogP contribution in [0.4, 0.5) is 0 Å². The minimum Gasteiger partial charge on any atom is -0.384 e. The highest BCUT2D eigenvalue weighted by Gasteiger charge is 2.43. The normalized spacial score (nSPS) is 22.3. The van der Waals surface area contributed by atoms with Crippen molar-refractivity contribution < 1.29 is 17.7 Å². The number of hydrogen-bond acceptors (Lipinski definition) is 7. The summed E-state index contributed by atoms with van der Waals surface area (Å²) in [5, 5.41) is 10.8. The second kappa shape index (κ2) is 6.26. The van der Waals surface area contributed by atoms with E-state index in [-0.39, 0.29) is 16.7 Å². The molecule has 0 bridgehead atoms. The Hall–Kier alpha value is -1.78. The van der Waals surface area contributed by atoms with Crippen molar-refractivity contribution >= 4 is 10.0 Å². The number of aromatic nitrogens is 4. The molecule has 1 fully saturated rings. The van der Waals surface area contributed by atoms with Crippen molar-refractivity contribution in [2.45, 2.75) is 31.6 Å². The van der Waals surface area contributed by atoms with Crippen LogP contribution in [0.2, 0.25) is 0 Å². The van der Waals surface area contributed by atoms with Gasteiger partial charge in [-0.05, 0) is 20.8 Å². The highest BCUT2D eigenvalue weighted by Crippen LogP contribution is 2.35. The van der Waals surface area contributed by atoms with Crippen LogP contribution < -0.4 is 0 Å².